The van der Waals surface area contributed by atoms with E-state index in [1.807, 2.05) is 0 Å². The quantitative estimate of drug-likeness (QED) is 0.907. The molecule has 1 fully saturated rings. The number of hydrogen-bond acceptors (Lipinski definition) is 3. The van der Waals surface area contributed by atoms with Gasteiger partial charge in [-0.15, -0.1) is 0 Å². The maximum absolute atomic E-state index is 12.8. The molecule has 1 aromatic rings. The number of carboxylic acid groups (broad SMARTS) is 1. The van der Waals surface area contributed by atoms with Crippen LogP contribution >= 0.6 is 23.2 Å². The molecule has 0 bridgehead atoms. The van der Waals surface area contributed by atoms with Crippen LogP contribution in [0, 0.1) is 0 Å². The largest absolute Gasteiger partial charge is 0.480 e. The monoisotopic (exact) mass is 351 g/mol. The van der Waals surface area contributed by atoms with Gasteiger partial charge in [-0.3, -0.25) is 4.79 Å². The molecule has 0 saturated carbocycles. The van der Waals surface area contributed by atoms with Crippen molar-refractivity contribution in [3.05, 3.63) is 28.2 Å². The highest BCUT2D eigenvalue weighted by Gasteiger charge is 2.47. The Balaban J connectivity index is 2.53. The molecule has 116 valence electrons. The van der Waals surface area contributed by atoms with Gasteiger partial charge in [0.05, 0.1) is 4.90 Å². The maximum atomic E-state index is 12.8. The lowest BCUT2D eigenvalue weighted by Crippen LogP contribution is -2.57. The third-order valence-electron chi connectivity index (χ3n) is 3.71. The van der Waals surface area contributed by atoms with Gasteiger partial charge < -0.3 is 5.11 Å². The normalized spacial score (nSPS) is 24.0. The highest BCUT2D eigenvalue weighted by Crippen LogP contribution is 2.35. The highest BCUT2D eigenvalue weighted by molar-refractivity contribution is 7.89. The zero-order valence-electron chi connectivity index (χ0n) is 11.3. The highest BCUT2D eigenvalue weighted by atomic mass is 35.5. The first kappa shape index (κ1) is 16.5. The Hall–Kier alpha value is -0.820. The number of halogens is 2. The fourth-order valence-corrected chi connectivity index (χ4v) is 5.03. The molecule has 1 atom stereocenters. The fourth-order valence-electron chi connectivity index (χ4n) is 2.50. The lowest BCUT2D eigenvalue weighted by molar-refractivity contribution is -0.149. The van der Waals surface area contributed by atoms with Crippen molar-refractivity contribution in [3.8, 4) is 0 Å². The van der Waals surface area contributed by atoms with Crippen LogP contribution in [0.25, 0.3) is 0 Å². The number of nitrogens with zero attached hydrogens (tertiary/aromatic N) is 1. The first-order valence-corrected chi connectivity index (χ1v) is 8.60. The Morgan fingerprint density at radius 3 is 2.33 bits per heavy atom. The third kappa shape index (κ3) is 3.04. The van der Waals surface area contributed by atoms with Gasteiger partial charge >= 0.3 is 5.97 Å². The van der Waals surface area contributed by atoms with Gasteiger partial charge in [-0.25, -0.2) is 8.42 Å². The summed E-state index contributed by atoms with van der Waals surface area (Å²) in [5.41, 5.74) is -1.45. The molecular weight excluding hydrogens is 337 g/mol. The van der Waals surface area contributed by atoms with E-state index in [2.05, 4.69) is 0 Å². The van der Waals surface area contributed by atoms with Crippen LogP contribution < -0.4 is 0 Å². The minimum Gasteiger partial charge on any atom is -0.480 e. The first-order chi connectivity index (χ1) is 9.68. The Morgan fingerprint density at radius 1 is 1.24 bits per heavy atom. The van der Waals surface area contributed by atoms with Crippen molar-refractivity contribution in [2.45, 2.75) is 36.6 Å². The summed E-state index contributed by atoms with van der Waals surface area (Å²) in [6.45, 7) is 1.59. The van der Waals surface area contributed by atoms with Gasteiger partial charge in [-0.1, -0.05) is 23.2 Å². The van der Waals surface area contributed by atoms with Crippen LogP contribution in [0.5, 0.6) is 0 Å². The number of piperidine rings is 1. The standard InChI is InChI=1S/C13H15Cl2NO4S/c1-13(12(17)18)4-2-3-5-16(13)21(19,20)11-7-9(14)6-10(15)8-11/h6-8H,2-5H2,1H3,(H,17,18). The summed E-state index contributed by atoms with van der Waals surface area (Å²) in [4.78, 5) is 11.5. The molecule has 1 saturated heterocycles. The van der Waals surface area contributed by atoms with Crippen molar-refractivity contribution in [2.24, 2.45) is 0 Å². The van der Waals surface area contributed by atoms with Gasteiger partial charge in [-0.05, 0) is 44.4 Å². The average Bonchev–Trinajstić information content (AvgIpc) is 2.37. The van der Waals surface area contributed by atoms with Gasteiger partial charge in [0.2, 0.25) is 10.0 Å². The molecular formula is C13H15Cl2NO4S. The van der Waals surface area contributed by atoms with E-state index in [9.17, 15) is 18.3 Å². The van der Waals surface area contributed by atoms with Crippen LogP contribution in [-0.4, -0.2) is 35.9 Å². The van der Waals surface area contributed by atoms with E-state index < -0.39 is 21.5 Å². The van der Waals surface area contributed by atoms with Gasteiger partial charge in [0.25, 0.3) is 0 Å². The van der Waals surface area contributed by atoms with Crippen molar-refractivity contribution >= 4 is 39.2 Å². The number of hydrogen-bond donors (Lipinski definition) is 1. The molecule has 0 amide bonds. The molecule has 0 aromatic heterocycles. The summed E-state index contributed by atoms with van der Waals surface area (Å²) in [7, 11) is -3.98. The predicted octanol–water partition coefficient (Wildman–Crippen LogP) is 3.01. The van der Waals surface area contributed by atoms with Gasteiger partial charge in [0, 0.05) is 16.6 Å². The second kappa shape index (κ2) is 5.76. The minimum atomic E-state index is -3.98. The average molecular weight is 352 g/mol. The molecule has 1 aromatic carbocycles. The lowest BCUT2D eigenvalue weighted by atomic mass is 9.91. The fraction of sp³-hybridized carbons (Fsp3) is 0.462. The van der Waals surface area contributed by atoms with E-state index in [1.54, 1.807) is 0 Å². The van der Waals surface area contributed by atoms with Crippen molar-refractivity contribution in [1.29, 1.82) is 0 Å². The molecule has 0 spiro atoms. The molecule has 0 aliphatic carbocycles. The molecule has 8 heteroatoms. The molecule has 1 aliphatic rings. The number of carboxylic acids is 1. The Morgan fingerprint density at radius 2 is 1.81 bits per heavy atom. The van der Waals surface area contributed by atoms with Crippen molar-refractivity contribution < 1.29 is 18.3 Å². The van der Waals surface area contributed by atoms with E-state index in [0.717, 1.165) is 4.31 Å². The van der Waals surface area contributed by atoms with Gasteiger partial charge in [0.15, 0.2) is 0 Å². The minimum absolute atomic E-state index is 0.0885. The summed E-state index contributed by atoms with van der Waals surface area (Å²) in [5.74, 6) is -1.15. The SMILES string of the molecule is CC1(C(=O)O)CCCCN1S(=O)(=O)c1cc(Cl)cc(Cl)c1. The van der Waals surface area contributed by atoms with Crippen LogP contribution in [0.1, 0.15) is 26.2 Å². The molecule has 1 unspecified atom stereocenters. The van der Waals surface area contributed by atoms with Crippen LogP contribution in [0.3, 0.4) is 0 Å². The van der Waals surface area contributed by atoms with Crippen LogP contribution in [0.15, 0.2) is 23.1 Å². The van der Waals surface area contributed by atoms with E-state index in [1.165, 1.54) is 25.1 Å². The van der Waals surface area contributed by atoms with E-state index in [0.29, 0.717) is 12.8 Å². The van der Waals surface area contributed by atoms with E-state index in [-0.39, 0.29) is 27.9 Å². The lowest BCUT2D eigenvalue weighted by Gasteiger charge is -2.40. The molecule has 0 radical (unpaired) electrons. The van der Waals surface area contributed by atoms with E-state index in [4.69, 9.17) is 23.2 Å². The number of benzene rings is 1. The van der Waals surface area contributed by atoms with Crippen LogP contribution in [0.2, 0.25) is 10.0 Å². The van der Waals surface area contributed by atoms with Crippen LogP contribution in [0.4, 0.5) is 0 Å². The van der Waals surface area contributed by atoms with Crippen molar-refractivity contribution in [1.82, 2.24) is 4.31 Å². The first-order valence-electron chi connectivity index (χ1n) is 6.40. The molecule has 1 aliphatic heterocycles. The summed E-state index contributed by atoms with van der Waals surface area (Å²) in [6, 6.07) is 3.98. The second-order valence-electron chi connectivity index (χ2n) is 5.22. The predicted molar refractivity (Wildman–Crippen MR) is 80.2 cm³/mol. The molecule has 21 heavy (non-hydrogen) atoms. The smallest absolute Gasteiger partial charge is 0.324 e. The zero-order chi connectivity index (χ0) is 15.8. The summed E-state index contributed by atoms with van der Waals surface area (Å²) >= 11 is 11.7. The number of aliphatic carboxylic acids is 1. The van der Waals surface area contributed by atoms with Crippen molar-refractivity contribution in [3.63, 3.8) is 0 Å². The van der Waals surface area contributed by atoms with Gasteiger partial charge in [-0.2, -0.15) is 4.31 Å². The molecule has 1 N–H and O–H groups in total. The van der Waals surface area contributed by atoms with Crippen molar-refractivity contribution in [2.75, 3.05) is 6.54 Å². The Labute approximate surface area is 133 Å². The second-order valence-corrected chi connectivity index (χ2v) is 7.95. The summed E-state index contributed by atoms with van der Waals surface area (Å²) in [5, 5.41) is 9.81. The maximum Gasteiger partial charge on any atom is 0.324 e. The zero-order valence-corrected chi connectivity index (χ0v) is 13.7. The van der Waals surface area contributed by atoms with Gasteiger partial charge in [0.1, 0.15) is 5.54 Å². The number of carbonyl (C=O) groups is 1. The Bertz CT molecular complexity index is 656. The van der Waals surface area contributed by atoms with Crippen LogP contribution in [-0.2, 0) is 14.8 Å². The summed E-state index contributed by atoms with van der Waals surface area (Å²) < 4.78 is 26.5. The Kier molecular flexibility index (Phi) is 4.54. The molecule has 2 rings (SSSR count). The number of rotatable bonds is 3. The molecule has 5 nitrogen and oxygen atoms in total. The third-order valence-corrected chi connectivity index (χ3v) is 6.14. The number of sulfonamides is 1. The topological polar surface area (TPSA) is 74.7 Å². The summed E-state index contributed by atoms with van der Waals surface area (Å²) in [6.07, 6.45) is 1.57. The molecule has 1 heterocycles. The van der Waals surface area contributed by atoms with E-state index >= 15 is 0 Å².